The highest BCUT2D eigenvalue weighted by Gasteiger charge is 2.38. The summed E-state index contributed by atoms with van der Waals surface area (Å²) in [7, 11) is 0. The van der Waals surface area contributed by atoms with Gasteiger partial charge in [-0.05, 0) is 37.7 Å². The lowest BCUT2D eigenvalue weighted by molar-refractivity contribution is -0.0318. The van der Waals surface area contributed by atoms with Crippen LogP contribution in [0.15, 0.2) is 6.33 Å². The summed E-state index contributed by atoms with van der Waals surface area (Å²) in [5.74, 6) is 1.06. The van der Waals surface area contributed by atoms with E-state index in [2.05, 4.69) is 20.2 Å². The third-order valence-corrected chi connectivity index (χ3v) is 7.75. The van der Waals surface area contributed by atoms with E-state index >= 15 is 0 Å². The topological polar surface area (TPSA) is 50.3 Å². The molecule has 0 spiro atoms. The zero-order valence-electron chi connectivity index (χ0n) is 15.4. The van der Waals surface area contributed by atoms with Crippen molar-refractivity contribution in [2.45, 2.75) is 56.9 Å². The van der Waals surface area contributed by atoms with Crippen LogP contribution in [-0.4, -0.2) is 53.3 Å². The number of thiophene rings is 1. The predicted molar refractivity (Wildman–Crippen MR) is 106 cm³/mol. The second-order valence-electron chi connectivity index (χ2n) is 8.00. The molecule has 2 aliphatic carbocycles. The molecule has 140 valence electrons. The Morgan fingerprint density at radius 1 is 1.08 bits per heavy atom. The lowest BCUT2D eigenvalue weighted by Gasteiger charge is -2.48. The summed E-state index contributed by atoms with van der Waals surface area (Å²) in [6, 6.07) is 0. The molecule has 0 bridgehead atoms. The molecule has 2 aromatic rings. The molecule has 5 nitrogen and oxygen atoms in total. The Bertz CT molecular complexity index is 777. The van der Waals surface area contributed by atoms with E-state index in [1.807, 2.05) is 11.3 Å². The van der Waals surface area contributed by atoms with Gasteiger partial charge in [-0.15, -0.1) is 11.3 Å². The molecule has 0 unspecified atom stereocenters. The van der Waals surface area contributed by atoms with E-state index in [-0.39, 0.29) is 5.54 Å². The van der Waals surface area contributed by atoms with Crippen LogP contribution in [0.4, 0.5) is 5.82 Å². The van der Waals surface area contributed by atoms with Crippen molar-refractivity contribution in [2.24, 2.45) is 0 Å². The minimum absolute atomic E-state index is 0.262. The number of ether oxygens (including phenoxy) is 1. The number of nitrogens with zero attached hydrogens (tertiary/aromatic N) is 3. The van der Waals surface area contributed by atoms with Gasteiger partial charge in [0, 0.05) is 30.1 Å². The van der Waals surface area contributed by atoms with E-state index in [4.69, 9.17) is 4.74 Å². The van der Waals surface area contributed by atoms with Gasteiger partial charge in [0.15, 0.2) is 0 Å². The molecule has 1 saturated heterocycles. The number of anilines is 1. The van der Waals surface area contributed by atoms with Crippen LogP contribution in [0, 0.1) is 0 Å². The van der Waals surface area contributed by atoms with Crippen LogP contribution >= 0.6 is 11.3 Å². The summed E-state index contributed by atoms with van der Waals surface area (Å²) in [5.41, 5.74) is 1.77. The summed E-state index contributed by atoms with van der Waals surface area (Å²) in [4.78, 5) is 14.6. The first-order valence-corrected chi connectivity index (χ1v) is 11.0. The second-order valence-corrected chi connectivity index (χ2v) is 9.08. The Hall–Kier alpha value is -1.24. The quantitative estimate of drug-likeness (QED) is 0.888. The van der Waals surface area contributed by atoms with Gasteiger partial charge in [0.25, 0.3) is 0 Å². The third kappa shape index (κ3) is 2.92. The van der Waals surface area contributed by atoms with Crippen molar-refractivity contribution < 1.29 is 4.74 Å². The number of rotatable bonds is 4. The van der Waals surface area contributed by atoms with Crippen LogP contribution < -0.4 is 5.32 Å². The molecule has 3 aliphatic rings. The molecule has 0 atom stereocenters. The van der Waals surface area contributed by atoms with Gasteiger partial charge in [0.05, 0.1) is 18.6 Å². The number of hydrogen-bond donors (Lipinski definition) is 1. The van der Waals surface area contributed by atoms with Crippen molar-refractivity contribution in [3.05, 3.63) is 16.8 Å². The van der Waals surface area contributed by atoms with Gasteiger partial charge in [0.1, 0.15) is 17.0 Å². The number of morpholine rings is 1. The standard InChI is InChI=1S/C20H28N4OS/c1-2-7-20(8-3-1,24-9-11-25-12-10-24)13-21-18-17-15-5-4-6-16(15)26-19(17)23-14-22-18/h14H,1-13H2,(H,21,22,23). The van der Waals surface area contributed by atoms with Crippen LogP contribution in [-0.2, 0) is 17.6 Å². The zero-order chi connectivity index (χ0) is 17.4. The predicted octanol–water partition coefficient (Wildman–Crippen LogP) is 3.63. The van der Waals surface area contributed by atoms with Gasteiger partial charge in [-0.25, -0.2) is 9.97 Å². The van der Waals surface area contributed by atoms with Crippen LogP contribution in [0.25, 0.3) is 10.2 Å². The first-order chi connectivity index (χ1) is 12.9. The second kappa shape index (κ2) is 7.06. The van der Waals surface area contributed by atoms with Crippen molar-refractivity contribution >= 4 is 27.4 Å². The van der Waals surface area contributed by atoms with E-state index in [0.29, 0.717) is 0 Å². The Kier molecular flexibility index (Phi) is 4.59. The average molecular weight is 373 g/mol. The van der Waals surface area contributed by atoms with Crippen LogP contribution in [0.2, 0.25) is 0 Å². The first kappa shape index (κ1) is 16.9. The van der Waals surface area contributed by atoms with Gasteiger partial charge < -0.3 is 10.1 Å². The lowest BCUT2D eigenvalue weighted by atomic mass is 9.79. The number of nitrogens with one attached hydrogen (secondary N) is 1. The Balaban J connectivity index is 1.42. The largest absolute Gasteiger partial charge is 0.379 e. The van der Waals surface area contributed by atoms with Gasteiger partial charge in [-0.2, -0.15) is 0 Å². The maximum absolute atomic E-state index is 5.61. The minimum atomic E-state index is 0.262. The molecule has 0 aromatic carbocycles. The first-order valence-electron chi connectivity index (χ1n) is 10.2. The molecule has 6 heteroatoms. The maximum atomic E-state index is 5.61. The lowest BCUT2D eigenvalue weighted by Crippen LogP contribution is -2.58. The molecular weight excluding hydrogens is 344 g/mol. The van der Waals surface area contributed by atoms with Crippen molar-refractivity contribution in [2.75, 3.05) is 38.2 Å². The molecule has 1 saturated carbocycles. The molecule has 2 aromatic heterocycles. The maximum Gasteiger partial charge on any atom is 0.138 e. The highest BCUT2D eigenvalue weighted by Crippen LogP contribution is 2.40. The van der Waals surface area contributed by atoms with Crippen molar-refractivity contribution in [1.82, 2.24) is 14.9 Å². The number of aryl methyl sites for hydroxylation is 2. The third-order valence-electron chi connectivity index (χ3n) is 6.55. The fourth-order valence-electron chi connectivity index (χ4n) is 5.16. The molecule has 1 N–H and O–H groups in total. The molecule has 3 heterocycles. The SMILES string of the molecule is c1nc(NCC2(N3CCOCC3)CCCCC2)c2c3c(sc2n1)CCC3. The molecular formula is C20H28N4OS. The van der Waals surface area contributed by atoms with Crippen molar-refractivity contribution in [3.8, 4) is 0 Å². The van der Waals surface area contributed by atoms with Gasteiger partial charge in [0.2, 0.25) is 0 Å². The van der Waals surface area contributed by atoms with E-state index in [9.17, 15) is 0 Å². The number of hydrogen-bond acceptors (Lipinski definition) is 6. The Morgan fingerprint density at radius 3 is 2.77 bits per heavy atom. The highest BCUT2D eigenvalue weighted by molar-refractivity contribution is 7.19. The zero-order valence-corrected chi connectivity index (χ0v) is 16.2. The molecule has 0 radical (unpaired) electrons. The molecule has 1 aliphatic heterocycles. The smallest absolute Gasteiger partial charge is 0.138 e. The van der Waals surface area contributed by atoms with E-state index in [1.165, 1.54) is 67.2 Å². The average Bonchev–Trinajstić information content (AvgIpc) is 3.29. The summed E-state index contributed by atoms with van der Waals surface area (Å²) in [5, 5.41) is 5.09. The van der Waals surface area contributed by atoms with Gasteiger partial charge >= 0.3 is 0 Å². The summed E-state index contributed by atoms with van der Waals surface area (Å²) in [6.07, 6.45) is 12.0. The van der Waals surface area contributed by atoms with E-state index < -0.39 is 0 Å². The number of fused-ring (bicyclic) bond motifs is 3. The summed E-state index contributed by atoms with van der Waals surface area (Å²) >= 11 is 1.87. The molecule has 5 rings (SSSR count). The summed E-state index contributed by atoms with van der Waals surface area (Å²) in [6.45, 7) is 4.86. The normalized spacial score (nSPS) is 23.2. The van der Waals surface area contributed by atoms with Crippen molar-refractivity contribution in [1.29, 1.82) is 0 Å². The fraction of sp³-hybridized carbons (Fsp3) is 0.700. The van der Waals surface area contributed by atoms with Gasteiger partial charge in [-0.3, -0.25) is 4.90 Å². The number of aromatic nitrogens is 2. The fourth-order valence-corrected chi connectivity index (χ4v) is 6.39. The molecule has 0 amide bonds. The Labute approximate surface area is 159 Å². The van der Waals surface area contributed by atoms with Crippen molar-refractivity contribution in [3.63, 3.8) is 0 Å². The highest BCUT2D eigenvalue weighted by atomic mass is 32.1. The Morgan fingerprint density at radius 2 is 1.92 bits per heavy atom. The molecule has 2 fully saturated rings. The summed E-state index contributed by atoms with van der Waals surface area (Å²) < 4.78 is 5.61. The van der Waals surface area contributed by atoms with Crippen LogP contribution in [0.3, 0.4) is 0 Å². The van der Waals surface area contributed by atoms with Crippen LogP contribution in [0.1, 0.15) is 49.0 Å². The van der Waals surface area contributed by atoms with E-state index in [1.54, 1.807) is 6.33 Å². The van der Waals surface area contributed by atoms with Gasteiger partial charge in [-0.1, -0.05) is 19.3 Å². The molecule has 26 heavy (non-hydrogen) atoms. The van der Waals surface area contributed by atoms with E-state index in [0.717, 1.165) is 43.5 Å². The monoisotopic (exact) mass is 372 g/mol. The minimum Gasteiger partial charge on any atom is -0.379 e. The van der Waals surface area contributed by atoms with Crippen LogP contribution in [0.5, 0.6) is 0 Å².